The van der Waals surface area contributed by atoms with Gasteiger partial charge in [0.1, 0.15) is 0 Å². The number of carbonyl (C=O) groups excluding carboxylic acids is 2. The number of benzene rings is 1. The number of thioether (sulfide) groups is 1. The molecule has 1 heterocycles. The fraction of sp³-hybridized carbons (Fsp3) is 0.385. The normalized spacial score (nSPS) is 18.4. The van der Waals surface area contributed by atoms with Gasteiger partial charge >= 0.3 is 0 Å². The van der Waals surface area contributed by atoms with E-state index < -0.39 is 5.76 Å². The Kier molecular flexibility index (Phi) is 5.51. The monoisotopic (exact) mass is 316 g/mol. The zero-order valence-electron chi connectivity index (χ0n) is 11.2. The smallest absolute Gasteiger partial charge is 0.288 e. The molecule has 2 amide bonds. The summed E-state index contributed by atoms with van der Waals surface area (Å²) in [7, 11) is 0. The van der Waals surface area contributed by atoms with Crippen LogP contribution in [0.5, 0.6) is 0 Å². The number of hydrogen-bond acceptors (Lipinski definition) is 3. The van der Waals surface area contributed by atoms with E-state index in [2.05, 4.69) is 10.6 Å². The first-order chi connectivity index (χ1) is 10.0. The molecule has 0 radical (unpaired) electrons. The third-order valence-corrected chi connectivity index (χ3v) is 3.71. The van der Waals surface area contributed by atoms with Crippen molar-refractivity contribution in [3.63, 3.8) is 0 Å². The molecule has 5 nitrogen and oxygen atoms in total. The largest absolute Gasteiger partial charge is 0.346 e. The minimum Gasteiger partial charge on any atom is -0.346 e. The fourth-order valence-corrected chi connectivity index (χ4v) is 2.56. The summed E-state index contributed by atoms with van der Waals surface area (Å²) in [5.41, 5.74) is 0.555. The van der Waals surface area contributed by atoms with E-state index in [1.807, 2.05) is 0 Å². The van der Waals surface area contributed by atoms with Crippen molar-refractivity contribution in [1.29, 1.82) is 0 Å². The van der Waals surface area contributed by atoms with Crippen LogP contribution in [0.25, 0.3) is 0 Å². The first-order valence-corrected chi connectivity index (χ1v) is 7.36. The Labute approximate surface area is 125 Å². The summed E-state index contributed by atoms with van der Waals surface area (Å²) in [6.07, 6.45) is 0. The third kappa shape index (κ3) is 5.31. The lowest BCUT2D eigenvalue weighted by Gasteiger charge is -2.22. The molecule has 1 aliphatic rings. The van der Waals surface area contributed by atoms with Crippen LogP contribution < -0.4 is 15.5 Å². The van der Waals surface area contributed by atoms with Gasteiger partial charge in [0.05, 0.1) is 13.1 Å². The number of halogens is 2. The minimum absolute atomic E-state index is 0.0579. The lowest BCUT2D eigenvalue weighted by atomic mass is 10.3. The van der Waals surface area contributed by atoms with Crippen molar-refractivity contribution < 1.29 is 23.3 Å². The van der Waals surface area contributed by atoms with Crippen LogP contribution in [0.3, 0.4) is 0 Å². The third-order valence-electron chi connectivity index (χ3n) is 2.99. The Hall–Kier alpha value is -1.67. The molecule has 1 aromatic carbocycles. The number of quaternary nitrogens is 1. The molecule has 8 heteroatoms. The van der Waals surface area contributed by atoms with Crippen LogP contribution in [0.2, 0.25) is 0 Å². The van der Waals surface area contributed by atoms with E-state index in [4.69, 9.17) is 0 Å². The van der Waals surface area contributed by atoms with Crippen molar-refractivity contribution in [2.24, 2.45) is 0 Å². The van der Waals surface area contributed by atoms with Gasteiger partial charge in [-0.15, -0.1) is 0 Å². The first-order valence-electron chi connectivity index (χ1n) is 6.48. The van der Waals surface area contributed by atoms with Crippen LogP contribution in [-0.2, 0) is 9.59 Å². The summed E-state index contributed by atoms with van der Waals surface area (Å²) in [4.78, 5) is 24.4. The van der Waals surface area contributed by atoms with Gasteiger partial charge in [0.2, 0.25) is 0 Å². The zero-order valence-corrected chi connectivity index (χ0v) is 12.0. The topological polar surface area (TPSA) is 62.6 Å². The van der Waals surface area contributed by atoms with Crippen molar-refractivity contribution in [2.45, 2.75) is 10.7 Å². The molecule has 1 aromatic rings. The number of hydrogen-bond donors (Lipinski definition) is 3. The average Bonchev–Trinajstić information content (AvgIpc) is 2.40. The Balaban J connectivity index is 1.83. The maximum atomic E-state index is 12.2. The summed E-state index contributed by atoms with van der Waals surface area (Å²) >= 11 is 0.460. The molecule has 0 aliphatic carbocycles. The standard InChI is InChI=1S/C13H15F2N3O2S/c14-13(15)21-10-3-1-9(2-4-10)17-12(20)8-18-6-5-16-11(19)7-18/h1-4,13H,5-8H2,(H,16,19)(H,17,20)/p+1. The van der Waals surface area contributed by atoms with E-state index >= 15 is 0 Å². The molecule has 1 aliphatic heterocycles. The highest BCUT2D eigenvalue weighted by atomic mass is 32.2. The SMILES string of the molecule is O=C1C[NH+](CC(=O)Nc2ccc(SC(F)F)cc2)CCN1. The van der Waals surface area contributed by atoms with Crippen molar-refractivity contribution in [1.82, 2.24) is 5.32 Å². The Morgan fingerprint density at radius 2 is 2.10 bits per heavy atom. The van der Waals surface area contributed by atoms with Gasteiger partial charge in [-0.2, -0.15) is 8.78 Å². The van der Waals surface area contributed by atoms with E-state index in [9.17, 15) is 18.4 Å². The highest BCUT2D eigenvalue weighted by Gasteiger charge is 2.22. The summed E-state index contributed by atoms with van der Waals surface area (Å²) in [5.74, 6) is -2.72. The van der Waals surface area contributed by atoms with E-state index in [-0.39, 0.29) is 24.9 Å². The molecule has 0 spiro atoms. The summed E-state index contributed by atoms with van der Waals surface area (Å²) in [6.45, 7) is 1.78. The molecular formula is C13H16F2N3O2S+. The number of carbonyl (C=O) groups is 2. The van der Waals surface area contributed by atoms with Crippen LogP contribution >= 0.6 is 11.8 Å². The molecule has 1 unspecified atom stereocenters. The van der Waals surface area contributed by atoms with Crippen molar-refractivity contribution in [3.05, 3.63) is 24.3 Å². The average molecular weight is 316 g/mol. The molecule has 1 fully saturated rings. The van der Waals surface area contributed by atoms with Gasteiger partial charge in [0, 0.05) is 10.6 Å². The van der Waals surface area contributed by atoms with Crippen LogP contribution in [0.15, 0.2) is 29.2 Å². The molecule has 114 valence electrons. The van der Waals surface area contributed by atoms with Crippen molar-refractivity contribution in [3.8, 4) is 0 Å². The lowest BCUT2D eigenvalue weighted by molar-refractivity contribution is -0.885. The highest BCUT2D eigenvalue weighted by molar-refractivity contribution is 7.99. The maximum absolute atomic E-state index is 12.2. The second-order valence-electron chi connectivity index (χ2n) is 4.65. The molecule has 0 bridgehead atoms. The number of alkyl halides is 2. The number of piperazine rings is 1. The molecular weight excluding hydrogens is 300 g/mol. The highest BCUT2D eigenvalue weighted by Crippen LogP contribution is 2.25. The predicted octanol–water partition coefficient (Wildman–Crippen LogP) is -0.0455. The molecule has 21 heavy (non-hydrogen) atoms. The summed E-state index contributed by atoms with van der Waals surface area (Å²) < 4.78 is 24.4. The minimum atomic E-state index is -2.46. The molecule has 0 aromatic heterocycles. The number of rotatable bonds is 5. The van der Waals surface area contributed by atoms with E-state index in [0.717, 1.165) is 4.90 Å². The van der Waals surface area contributed by atoms with Gasteiger partial charge < -0.3 is 15.5 Å². The summed E-state index contributed by atoms with van der Waals surface area (Å²) in [6, 6.07) is 6.24. The lowest BCUT2D eigenvalue weighted by Crippen LogP contribution is -3.16. The van der Waals surface area contributed by atoms with Crippen LogP contribution in [0, 0.1) is 0 Å². The van der Waals surface area contributed by atoms with Gasteiger partial charge in [-0.05, 0) is 24.3 Å². The molecule has 2 rings (SSSR count). The number of anilines is 1. The van der Waals surface area contributed by atoms with Gasteiger partial charge in [0.25, 0.3) is 17.6 Å². The predicted molar refractivity (Wildman–Crippen MR) is 75.5 cm³/mol. The van der Waals surface area contributed by atoms with Gasteiger partial charge in [-0.25, -0.2) is 0 Å². The Morgan fingerprint density at radius 3 is 2.71 bits per heavy atom. The molecule has 3 N–H and O–H groups in total. The summed E-state index contributed by atoms with van der Waals surface area (Å²) in [5, 5.41) is 5.40. The van der Waals surface area contributed by atoms with E-state index in [1.165, 1.54) is 12.1 Å². The number of amides is 2. The van der Waals surface area contributed by atoms with Crippen LogP contribution in [0.4, 0.5) is 14.5 Å². The van der Waals surface area contributed by atoms with Crippen molar-refractivity contribution in [2.75, 3.05) is 31.5 Å². The molecule has 1 atom stereocenters. The van der Waals surface area contributed by atoms with Gasteiger partial charge in [0.15, 0.2) is 13.1 Å². The number of nitrogens with one attached hydrogen (secondary N) is 3. The van der Waals surface area contributed by atoms with Gasteiger partial charge in [-0.1, -0.05) is 11.8 Å². The Morgan fingerprint density at radius 1 is 1.38 bits per heavy atom. The second-order valence-corrected chi connectivity index (χ2v) is 5.72. The maximum Gasteiger partial charge on any atom is 0.288 e. The quantitative estimate of drug-likeness (QED) is 0.668. The molecule has 1 saturated heterocycles. The Bertz CT molecular complexity index is 511. The fourth-order valence-electron chi connectivity index (χ4n) is 2.06. The zero-order chi connectivity index (χ0) is 15.2. The van der Waals surface area contributed by atoms with E-state index in [0.29, 0.717) is 35.4 Å². The van der Waals surface area contributed by atoms with Gasteiger partial charge in [-0.3, -0.25) is 9.59 Å². The first kappa shape index (κ1) is 15.7. The molecule has 0 saturated carbocycles. The van der Waals surface area contributed by atoms with Crippen LogP contribution in [-0.4, -0.2) is 43.8 Å². The van der Waals surface area contributed by atoms with Crippen molar-refractivity contribution >= 4 is 29.3 Å². The second kappa shape index (κ2) is 7.37. The van der Waals surface area contributed by atoms with E-state index in [1.54, 1.807) is 12.1 Å². The van der Waals surface area contributed by atoms with Crippen LogP contribution in [0.1, 0.15) is 0 Å².